The molecular weight excluding hydrogens is 326 g/mol. The van der Waals surface area contributed by atoms with Gasteiger partial charge in [0.2, 0.25) is 0 Å². The van der Waals surface area contributed by atoms with Crippen molar-refractivity contribution in [3.63, 3.8) is 0 Å². The summed E-state index contributed by atoms with van der Waals surface area (Å²) >= 11 is 0. The number of fused-ring (bicyclic) bond motifs is 5. The number of carboxylic acid groups (broad SMARTS) is 1. The maximum atomic E-state index is 11.7. The van der Waals surface area contributed by atoms with Gasteiger partial charge in [-0.3, -0.25) is 0 Å². The highest BCUT2D eigenvalue weighted by Gasteiger charge is 2.29. The fraction of sp³-hybridized carbons (Fsp3) is 0.0455. The van der Waals surface area contributed by atoms with Crippen LogP contribution in [0.4, 0.5) is 0 Å². The fourth-order valence-electron chi connectivity index (χ4n) is 3.87. The highest BCUT2D eigenvalue weighted by atomic mass is 16.4. The molecule has 4 aromatic rings. The van der Waals surface area contributed by atoms with Crippen LogP contribution in [0.15, 0.2) is 72.8 Å². The second-order valence-corrected chi connectivity index (χ2v) is 6.49. The van der Waals surface area contributed by atoms with Crippen molar-refractivity contribution in [1.29, 1.82) is 0 Å². The Hall–Kier alpha value is -3.37. The highest BCUT2D eigenvalue weighted by molar-refractivity contribution is 6.04. The van der Waals surface area contributed by atoms with Crippen molar-refractivity contribution < 1.29 is 15.0 Å². The van der Waals surface area contributed by atoms with Gasteiger partial charge < -0.3 is 14.8 Å². The van der Waals surface area contributed by atoms with Gasteiger partial charge in [0.1, 0.15) is 0 Å². The molecule has 3 aromatic carbocycles. The molecule has 0 aliphatic carbocycles. The van der Waals surface area contributed by atoms with E-state index in [9.17, 15) is 15.0 Å². The predicted octanol–water partition coefficient (Wildman–Crippen LogP) is 4.53. The van der Waals surface area contributed by atoms with E-state index in [0.717, 1.165) is 38.9 Å². The van der Waals surface area contributed by atoms with Crippen LogP contribution in [0.3, 0.4) is 0 Å². The molecule has 4 heteroatoms. The molecule has 1 aliphatic heterocycles. The molecule has 0 bridgehead atoms. The van der Waals surface area contributed by atoms with Crippen molar-refractivity contribution in [2.75, 3.05) is 0 Å². The molecule has 5 rings (SSSR count). The summed E-state index contributed by atoms with van der Waals surface area (Å²) in [4.78, 5) is 11.7. The van der Waals surface area contributed by atoms with Crippen molar-refractivity contribution in [2.24, 2.45) is 0 Å². The molecule has 126 valence electrons. The molecule has 2 heterocycles. The highest BCUT2D eigenvalue weighted by Crippen LogP contribution is 2.44. The zero-order valence-corrected chi connectivity index (χ0v) is 13.8. The third-order valence-corrected chi connectivity index (χ3v) is 5.05. The van der Waals surface area contributed by atoms with Gasteiger partial charge >= 0.3 is 5.97 Å². The smallest absolute Gasteiger partial charge is 0.335 e. The van der Waals surface area contributed by atoms with Crippen molar-refractivity contribution in [2.45, 2.75) is 6.23 Å². The van der Waals surface area contributed by atoms with Gasteiger partial charge in [-0.05, 0) is 29.3 Å². The third kappa shape index (κ3) is 1.96. The zero-order valence-electron chi connectivity index (χ0n) is 13.8. The summed E-state index contributed by atoms with van der Waals surface area (Å²) in [6.07, 6.45) is -0.814. The number of carboxylic acids is 1. The standard InChI is InChI=1S/C22H15NO3/c24-21-16-9-5-4-8-15(16)20-12-18-17(13-6-2-1-3-7-13)10-14(22(25)26)11-19(18)23(20)21/h1-12,21,24H,(H,25,26). The fourth-order valence-corrected chi connectivity index (χ4v) is 3.87. The molecule has 0 saturated carbocycles. The average molecular weight is 341 g/mol. The van der Waals surface area contributed by atoms with Crippen LogP contribution in [-0.2, 0) is 0 Å². The Morgan fingerprint density at radius 1 is 0.885 bits per heavy atom. The first-order valence-electron chi connectivity index (χ1n) is 8.40. The second-order valence-electron chi connectivity index (χ2n) is 6.49. The largest absolute Gasteiger partial charge is 0.478 e. The number of aromatic nitrogens is 1. The normalized spacial score (nSPS) is 15.0. The molecule has 1 atom stereocenters. The first kappa shape index (κ1) is 14.9. The van der Waals surface area contributed by atoms with E-state index in [-0.39, 0.29) is 5.56 Å². The number of aliphatic hydroxyl groups is 1. The minimum Gasteiger partial charge on any atom is -0.478 e. The van der Waals surface area contributed by atoms with Crippen molar-refractivity contribution in [3.05, 3.63) is 83.9 Å². The molecule has 1 unspecified atom stereocenters. The van der Waals surface area contributed by atoms with Crippen LogP contribution in [0.1, 0.15) is 22.1 Å². The number of hydrogen-bond donors (Lipinski definition) is 2. The van der Waals surface area contributed by atoms with E-state index in [1.54, 1.807) is 12.1 Å². The lowest BCUT2D eigenvalue weighted by Gasteiger charge is -2.12. The number of hydrogen-bond acceptors (Lipinski definition) is 2. The van der Waals surface area contributed by atoms with Gasteiger partial charge in [-0.2, -0.15) is 0 Å². The lowest BCUT2D eigenvalue weighted by molar-refractivity contribution is 0.0697. The van der Waals surface area contributed by atoms with Gasteiger partial charge in [-0.1, -0.05) is 54.6 Å². The Morgan fingerprint density at radius 2 is 1.62 bits per heavy atom. The minimum absolute atomic E-state index is 0.209. The molecule has 0 saturated heterocycles. The molecule has 0 radical (unpaired) electrons. The number of aliphatic hydroxyl groups excluding tert-OH is 1. The zero-order chi connectivity index (χ0) is 17.8. The minimum atomic E-state index is -0.982. The summed E-state index contributed by atoms with van der Waals surface area (Å²) in [6.45, 7) is 0. The summed E-state index contributed by atoms with van der Waals surface area (Å²) in [6, 6.07) is 22.8. The number of rotatable bonds is 2. The molecule has 4 nitrogen and oxygen atoms in total. The van der Waals surface area contributed by atoms with Gasteiger partial charge in [0, 0.05) is 16.5 Å². The van der Waals surface area contributed by atoms with Crippen LogP contribution < -0.4 is 0 Å². The van der Waals surface area contributed by atoms with Crippen LogP contribution in [-0.4, -0.2) is 20.7 Å². The van der Waals surface area contributed by atoms with Gasteiger partial charge in [0.05, 0.1) is 16.8 Å². The van der Waals surface area contributed by atoms with E-state index >= 15 is 0 Å². The van der Waals surface area contributed by atoms with E-state index in [1.807, 2.05) is 65.2 Å². The molecule has 1 aliphatic rings. The van der Waals surface area contributed by atoms with Crippen LogP contribution in [0.2, 0.25) is 0 Å². The average Bonchev–Trinajstić information content (AvgIpc) is 3.18. The van der Waals surface area contributed by atoms with Crippen molar-refractivity contribution in [1.82, 2.24) is 4.57 Å². The SMILES string of the molecule is O=C(O)c1cc(-c2ccccc2)c2cc3n(c2c1)C(O)c1ccccc1-3. The Kier molecular flexibility index (Phi) is 3.05. The van der Waals surface area contributed by atoms with E-state index < -0.39 is 12.2 Å². The van der Waals surface area contributed by atoms with Crippen LogP contribution in [0.25, 0.3) is 33.3 Å². The maximum absolute atomic E-state index is 11.7. The van der Waals surface area contributed by atoms with Crippen molar-refractivity contribution in [3.8, 4) is 22.4 Å². The lowest BCUT2D eigenvalue weighted by Crippen LogP contribution is -2.05. The summed E-state index contributed by atoms with van der Waals surface area (Å²) in [5.74, 6) is -0.982. The summed E-state index contributed by atoms with van der Waals surface area (Å²) < 4.78 is 1.82. The molecule has 0 amide bonds. The van der Waals surface area contributed by atoms with Gasteiger partial charge in [0.25, 0.3) is 0 Å². The third-order valence-electron chi connectivity index (χ3n) is 5.05. The monoisotopic (exact) mass is 341 g/mol. The summed E-state index contributed by atoms with van der Waals surface area (Å²) in [7, 11) is 0. The second kappa shape index (κ2) is 5.31. The van der Waals surface area contributed by atoms with Crippen LogP contribution >= 0.6 is 0 Å². The quantitative estimate of drug-likeness (QED) is 0.563. The lowest BCUT2D eigenvalue weighted by atomic mass is 9.98. The Labute approximate surface area is 149 Å². The Bertz CT molecular complexity index is 1170. The molecular formula is C22H15NO3. The summed E-state index contributed by atoms with van der Waals surface area (Å²) in [5, 5.41) is 21.3. The Balaban J connectivity index is 1.89. The van der Waals surface area contributed by atoms with Crippen LogP contribution in [0, 0.1) is 0 Å². The molecule has 0 spiro atoms. The van der Waals surface area contributed by atoms with Crippen LogP contribution in [0.5, 0.6) is 0 Å². The number of nitrogens with zero attached hydrogens (tertiary/aromatic N) is 1. The topological polar surface area (TPSA) is 62.5 Å². The van der Waals surface area contributed by atoms with Crippen molar-refractivity contribution >= 4 is 16.9 Å². The van der Waals surface area contributed by atoms with Gasteiger partial charge in [-0.25, -0.2) is 4.79 Å². The Morgan fingerprint density at radius 3 is 2.38 bits per heavy atom. The molecule has 2 N–H and O–H groups in total. The van der Waals surface area contributed by atoms with Gasteiger partial charge in [-0.15, -0.1) is 0 Å². The molecule has 1 aromatic heterocycles. The first-order chi connectivity index (χ1) is 12.6. The van der Waals surface area contributed by atoms with Gasteiger partial charge in [0.15, 0.2) is 6.23 Å². The number of benzene rings is 3. The van der Waals surface area contributed by atoms with E-state index in [1.165, 1.54) is 0 Å². The van der Waals surface area contributed by atoms with E-state index in [2.05, 4.69) is 0 Å². The maximum Gasteiger partial charge on any atom is 0.335 e. The molecule has 26 heavy (non-hydrogen) atoms. The summed E-state index contributed by atoms with van der Waals surface area (Å²) in [5.41, 5.74) is 5.46. The number of carbonyl (C=O) groups is 1. The number of aromatic carboxylic acids is 1. The van der Waals surface area contributed by atoms with E-state index in [0.29, 0.717) is 0 Å². The predicted molar refractivity (Wildman–Crippen MR) is 100 cm³/mol. The van der Waals surface area contributed by atoms with E-state index in [4.69, 9.17) is 0 Å². The first-order valence-corrected chi connectivity index (χ1v) is 8.40. The molecule has 0 fully saturated rings.